The summed E-state index contributed by atoms with van der Waals surface area (Å²) in [5.74, 6) is 0.822. The first kappa shape index (κ1) is 21.7. The molecular formula is C20H28IN5S. The van der Waals surface area contributed by atoms with Crippen molar-refractivity contribution in [2.75, 3.05) is 31.6 Å². The predicted molar refractivity (Wildman–Crippen MR) is 127 cm³/mol. The second-order valence-corrected chi connectivity index (χ2v) is 7.68. The van der Waals surface area contributed by atoms with Gasteiger partial charge in [0.1, 0.15) is 0 Å². The van der Waals surface area contributed by atoms with Crippen LogP contribution >= 0.6 is 35.3 Å². The van der Waals surface area contributed by atoms with Gasteiger partial charge in [-0.15, -0.1) is 35.3 Å². The average Bonchev–Trinajstić information content (AvgIpc) is 3.29. The van der Waals surface area contributed by atoms with Crippen LogP contribution in [0.15, 0.2) is 41.4 Å². The lowest BCUT2D eigenvalue weighted by molar-refractivity contribution is 0.791. The highest BCUT2D eigenvalue weighted by Gasteiger charge is 2.07. The third-order valence-corrected chi connectivity index (χ3v) is 5.64. The summed E-state index contributed by atoms with van der Waals surface area (Å²) >= 11 is 1.78. The van der Waals surface area contributed by atoms with E-state index in [1.54, 1.807) is 18.4 Å². The van der Waals surface area contributed by atoms with Gasteiger partial charge in [-0.05, 0) is 31.5 Å². The summed E-state index contributed by atoms with van der Waals surface area (Å²) in [5, 5.41) is 7.91. The quantitative estimate of drug-likeness (QED) is 0.277. The molecule has 2 N–H and O–H groups in total. The number of aryl methyl sites for hydroxylation is 2. The summed E-state index contributed by atoms with van der Waals surface area (Å²) in [4.78, 5) is 12.5. The van der Waals surface area contributed by atoms with Crippen LogP contribution in [0.4, 0.5) is 5.69 Å². The molecule has 7 heteroatoms. The first-order valence-corrected chi connectivity index (χ1v) is 9.83. The number of hydrogen-bond acceptors (Lipinski definition) is 4. The van der Waals surface area contributed by atoms with Crippen molar-refractivity contribution in [1.82, 2.24) is 15.6 Å². The minimum atomic E-state index is 0. The zero-order chi connectivity index (χ0) is 18.4. The Kier molecular flexibility index (Phi) is 8.56. The third kappa shape index (κ3) is 6.21. The van der Waals surface area contributed by atoms with Crippen LogP contribution in [0.1, 0.15) is 21.1 Å². The zero-order valence-electron chi connectivity index (χ0n) is 16.2. The molecular weight excluding hydrogens is 469 g/mol. The van der Waals surface area contributed by atoms with Crippen molar-refractivity contribution in [1.29, 1.82) is 0 Å². The lowest BCUT2D eigenvalue weighted by Crippen LogP contribution is -2.37. The topological polar surface area (TPSA) is 52.6 Å². The van der Waals surface area contributed by atoms with Crippen molar-refractivity contribution in [2.24, 2.45) is 4.99 Å². The molecule has 0 saturated carbocycles. The van der Waals surface area contributed by atoms with Crippen LogP contribution in [0, 0.1) is 13.8 Å². The SMILES string of the molecule is CN=C(NCCc1nc(C)c(C)s1)NCc1ccc(N2CC=CC2)cc1.I. The van der Waals surface area contributed by atoms with Gasteiger partial charge in [0.15, 0.2) is 5.96 Å². The monoisotopic (exact) mass is 497 g/mol. The van der Waals surface area contributed by atoms with Gasteiger partial charge in [-0.3, -0.25) is 4.99 Å². The van der Waals surface area contributed by atoms with Gasteiger partial charge in [-0.1, -0.05) is 24.3 Å². The second-order valence-electron chi connectivity index (χ2n) is 6.39. The Bertz CT molecular complexity index is 755. The maximum atomic E-state index is 4.58. The number of guanidine groups is 1. The van der Waals surface area contributed by atoms with Crippen LogP contribution in [0.25, 0.3) is 0 Å². The maximum Gasteiger partial charge on any atom is 0.191 e. The van der Waals surface area contributed by atoms with Crippen molar-refractivity contribution in [3.63, 3.8) is 0 Å². The number of nitrogens with one attached hydrogen (secondary N) is 2. The number of aromatic nitrogens is 1. The molecule has 1 aromatic heterocycles. The first-order valence-electron chi connectivity index (χ1n) is 9.02. The highest BCUT2D eigenvalue weighted by molar-refractivity contribution is 14.0. The summed E-state index contributed by atoms with van der Waals surface area (Å²) in [6.07, 6.45) is 5.33. The van der Waals surface area contributed by atoms with Crippen LogP contribution in [0.2, 0.25) is 0 Å². The summed E-state index contributed by atoms with van der Waals surface area (Å²) in [6.45, 7) is 7.78. The van der Waals surface area contributed by atoms with Crippen LogP contribution < -0.4 is 15.5 Å². The van der Waals surface area contributed by atoms with E-state index in [-0.39, 0.29) is 24.0 Å². The van der Waals surface area contributed by atoms with Crippen LogP contribution in [-0.2, 0) is 13.0 Å². The van der Waals surface area contributed by atoms with Gasteiger partial charge in [0.25, 0.3) is 0 Å². The Balaban J connectivity index is 0.00000261. The molecule has 0 saturated heterocycles. The molecule has 2 aromatic rings. The van der Waals surface area contributed by atoms with Gasteiger partial charge < -0.3 is 15.5 Å². The Morgan fingerprint density at radius 2 is 1.85 bits per heavy atom. The molecule has 0 atom stereocenters. The summed E-state index contributed by atoms with van der Waals surface area (Å²) in [5.41, 5.74) is 3.66. The highest BCUT2D eigenvalue weighted by Crippen LogP contribution is 2.18. The molecule has 5 nitrogen and oxygen atoms in total. The van der Waals surface area contributed by atoms with Gasteiger partial charge in [0, 0.05) is 50.2 Å². The van der Waals surface area contributed by atoms with Crippen LogP contribution in [-0.4, -0.2) is 37.6 Å². The minimum absolute atomic E-state index is 0. The Morgan fingerprint density at radius 1 is 1.15 bits per heavy atom. The van der Waals surface area contributed by atoms with E-state index in [1.807, 2.05) is 0 Å². The molecule has 0 bridgehead atoms. The molecule has 0 unspecified atom stereocenters. The molecule has 0 spiro atoms. The predicted octanol–water partition coefficient (Wildman–Crippen LogP) is 3.66. The van der Waals surface area contributed by atoms with Crippen molar-refractivity contribution >= 4 is 47.0 Å². The van der Waals surface area contributed by atoms with Crippen LogP contribution in [0.5, 0.6) is 0 Å². The van der Waals surface area contributed by atoms with E-state index < -0.39 is 0 Å². The number of thiazole rings is 1. The molecule has 2 heterocycles. The molecule has 27 heavy (non-hydrogen) atoms. The van der Waals surface area contributed by atoms with Crippen molar-refractivity contribution in [2.45, 2.75) is 26.8 Å². The lowest BCUT2D eigenvalue weighted by atomic mass is 10.2. The van der Waals surface area contributed by atoms with E-state index in [2.05, 4.69) is 75.8 Å². The average molecular weight is 497 g/mol. The van der Waals surface area contributed by atoms with Crippen molar-refractivity contribution in [3.05, 3.63) is 57.6 Å². The summed E-state index contributed by atoms with van der Waals surface area (Å²) in [6, 6.07) is 8.73. The van der Waals surface area contributed by atoms with E-state index in [4.69, 9.17) is 0 Å². The molecule has 3 rings (SSSR count). The zero-order valence-corrected chi connectivity index (χ0v) is 19.3. The molecule has 0 aliphatic carbocycles. The molecule has 1 aliphatic rings. The second kappa shape index (κ2) is 10.7. The van der Waals surface area contributed by atoms with E-state index in [0.717, 1.165) is 44.3 Å². The van der Waals surface area contributed by atoms with E-state index >= 15 is 0 Å². The lowest BCUT2D eigenvalue weighted by Gasteiger charge is -2.18. The standard InChI is InChI=1S/C20H27N5S.HI/c1-15-16(2)26-19(24-15)10-11-22-20(21-3)23-14-17-6-8-18(9-7-17)25-12-4-5-13-25;/h4-9H,10-14H2,1-3H3,(H2,21,22,23);1H. The number of halogens is 1. The smallest absolute Gasteiger partial charge is 0.191 e. The van der Waals surface area contributed by atoms with Gasteiger partial charge in [0.05, 0.1) is 10.7 Å². The van der Waals surface area contributed by atoms with Gasteiger partial charge in [0.2, 0.25) is 0 Å². The van der Waals surface area contributed by atoms with Gasteiger partial charge >= 0.3 is 0 Å². The molecule has 1 aromatic carbocycles. The Labute approximate surface area is 183 Å². The molecule has 0 fully saturated rings. The van der Waals surface area contributed by atoms with E-state index in [1.165, 1.54) is 21.1 Å². The number of benzene rings is 1. The minimum Gasteiger partial charge on any atom is -0.364 e. The third-order valence-electron chi connectivity index (χ3n) is 4.51. The number of rotatable bonds is 6. The fourth-order valence-corrected chi connectivity index (χ4v) is 3.79. The fourth-order valence-electron chi connectivity index (χ4n) is 2.85. The Morgan fingerprint density at radius 3 is 2.44 bits per heavy atom. The van der Waals surface area contributed by atoms with Crippen molar-refractivity contribution < 1.29 is 0 Å². The van der Waals surface area contributed by atoms with Gasteiger partial charge in [-0.25, -0.2) is 4.98 Å². The number of aliphatic imine (C=N–C) groups is 1. The van der Waals surface area contributed by atoms with E-state index in [0.29, 0.717) is 0 Å². The molecule has 0 radical (unpaired) electrons. The maximum absolute atomic E-state index is 4.58. The number of anilines is 1. The van der Waals surface area contributed by atoms with Gasteiger partial charge in [-0.2, -0.15) is 0 Å². The Hall–Kier alpha value is -1.61. The van der Waals surface area contributed by atoms with E-state index in [9.17, 15) is 0 Å². The largest absolute Gasteiger partial charge is 0.364 e. The van der Waals surface area contributed by atoms with Crippen LogP contribution in [0.3, 0.4) is 0 Å². The molecule has 0 amide bonds. The molecule has 146 valence electrons. The first-order chi connectivity index (χ1) is 12.7. The molecule has 1 aliphatic heterocycles. The highest BCUT2D eigenvalue weighted by atomic mass is 127. The fraction of sp³-hybridized carbons (Fsp3) is 0.400. The number of nitrogens with zero attached hydrogens (tertiary/aromatic N) is 3. The normalized spacial score (nSPS) is 13.6. The summed E-state index contributed by atoms with van der Waals surface area (Å²) < 4.78 is 0. The summed E-state index contributed by atoms with van der Waals surface area (Å²) in [7, 11) is 1.80. The van der Waals surface area contributed by atoms with Crippen molar-refractivity contribution in [3.8, 4) is 0 Å². The number of hydrogen-bond donors (Lipinski definition) is 2.